The smallest absolute Gasteiger partial charge is 0.244 e. The number of nitrogens with zero attached hydrogens (tertiary/aromatic N) is 2. The second-order valence-electron chi connectivity index (χ2n) is 6.27. The summed E-state index contributed by atoms with van der Waals surface area (Å²) >= 11 is 0. The first kappa shape index (κ1) is 18.7. The summed E-state index contributed by atoms with van der Waals surface area (Å²) in [6.45, 7) is 0.184. The third kappa shape index (κ3) is 2.62. The Morgan fingerprint density at radius 1 is 1.41 bits per heavy atom. The molecule has 142 valence electrons. The number of morpholine rings is 1. The third-order valence-corrected chi connectivity index (χ3v) is 5.06. The van der Waals surface area contributed by atoms with Gasteiger partial charge in [-0.3, -0.25) is 19.7 Å². The van der Waals surface area contributed by atoms with E-state index in [9.17, 15) is 23.2 Å². The normalized spacial score (nSPS) is 23.5. The van der Waals surface area contributed by atoms with Gasteiger partial charge in [0.1, 0.15) is 6.07 Å². The van der Waals surface area contributed by atoms with Gasteiger partial charge in [-0.15, -0.1) is 0 Å². The number of carbonyl (C=O) groups is 3. The zero-order valence-electron chi connectivity index (χ0n) is 14.3. The molecule has 2 aliphatic rings. The Balaban J connectivity index is 2.28. The first-order chi connectivity index (χ1) is 12.9. The quantitative estimate of drug-likeness (QED) is 0.547. The molecule has 0 bridgehead atoms. The summed E-state index contributed by atoms with van der Waals surface area (Å²) < 4.78 is 34.3. The molecule has 27 heavy (non-hydrogen) atoms. The lowest BCUT2D eigenvalue weighted by Crippen LogP contribution is -2.68. The lowest BCUT2D eigenvalue weighted by Gasteiger charge is -2.50. The predicted molar refractivity (Wildman–Crippen MR) is 87.4 cm³/mol. The third-order valence-electron chi connectivity index (χ3n) is 5.06. The van der Waals surface area contributed by atoms with Crippen LogP contribution in [0.4, 0.5) is 14.5 Å². The maximum Gasteiger partial charge on any atom is 0.244 e. The van der Waals surface area contributed by atoms with E-state index < -0.39 is 40.5 Å². The summed E-state index contributed by atoms with van der Waals surface area (Å²) in [5, 5.41) is 13.5. The Hall–Kier alpha value is -3.06. The molecule has 1 aromatic carbocycles. The highest BCUT2D eigenvalue weighted by atomic mass is 19.2. The zero-order valence-corrected chi connectivity index (χ0v) is 14.3. The Morgan fingerprint density at radius 3 is 2.78 bits per heavy atom. The summed E-state index contributed by atoms with van der Waals surface area (Å²) in [4.78, 5) is 37.8. The van der Waals surface area contributed by atoms with Gasteiger partial charge in [0.05, 0.1) is 30.5 Å². The maximum atomic E-state index is 14.7. The van der Waals surface area contributed by atoms with E-state index in [-0.39, 0.29) is 43.8 Å². The molecule has 0 spiro atoms. The molecule has 0 aliphatic carbocycles. The molecule has 1 unspecified atom stereocenters. The number of hydrogen-bond acceptors (Lipinski definition) is 6. The highest BCUT2D eigenvalue weighted by molar-refractivity contribution is 6.09. The van der Waals surface area contributed by atoms with E-state index in [1.165, 1.54) is 11.9 Å². The molecule has 3 amide bonds. The lowest BCUT2D eigenvalue weighted by atomic mass is 9.69. The van der Waals surface area contributed by atoms with Crippen molar-refractivity contribution in [2.75, 3.05) is 31.7 Å². The van der Waals surface area contributed by atoms with Crippen molar-refractivity contribution in [1.29, 1.82) is 5.26 Å². The molecular weight excluding hydrogens is 362 g/mol. The fourth-order valence-corrected chi connectivity index (χ4v) is 3.87. The number of benzene rings is 1. The predicted octanol–water partition coefficient (Wildman–Crippen LogP) is -0.397. The minimum atomic E-state index is -1.82. The number of anilines is 1. The SMILES string of the molecule is CNC(=O)[C@@]1(C(=O)NC=O)Cc2cc(C#N)c(F)c(F)c2N2CCOCC21. The molecule has 1 aromatic rings. The number of hydrogen-bond donors (Lipinski definition) is 2. The second kappa shape index (κ2) is 6.92. The van der Waals surface area contributed by atoms with Crippen molar-refractivity contribution in [3.05, 3.63) is 28.8 Å². The molecule has 2 N–H and O–H groups in total. The molecule has 1 fully saturated rings. The van der Waals surface area contributed by atoms with Crippen LogP contribution in [0.5, 0.6) is 0 Å². The fraction of sp³-hybridized carbons (Fsp3) is 0.412. The number of fused-ring (bicyclic) bond motifs is 3. The molecule has 0 aromatic heterocycles. The molecule has 2 heterocycles. The van der Waals surface area contributed by atoms with E-state index in [4.69, 9.17) is 10.00 Å². The topological polar surface area (TPSA) is 112 Å². The van der Waals surface area contributed by atoms with Gasteiger partial charge in [-0.2, -0.15) is 5.26 Å². The van der Waals surface area contributed by atoms with E-state index in [1.807, 2.05) is 5.32 Å². The van der Waals surface area contributed by atoms with Crippen LogP contribution in [0.2, 0.25) is 0 Å². The number of carbonyl (C=O) groups excluding carboxylic acids is 3. The van der Waals surface area contributed by atoms with Gasteiger partial charge in [-0.05, 0) is 11.6 Å². The van der Waals surface area contributed by atoms with Crippen LogP contribution in [-0.4, -0.2) is 51.1 Å². The van der Waals surface area contributed by atoms with Crippen LogP contribution in [0, 0.1) is 28.4 Å². The van der Waals surface area contributed by atoms with E-state index in [1.54, 1.807) is 6.07 Å². The van der Waals surface area contributed by atoms with Crippen LogP contribution in [0.15, 0.2) is 6.07 Å². The molecule has 1 saturated heterocycles. The molecular formula is C17H16F2N4O4. The number of nitriles is 1. The molecule has 0 radical (unpaired) electrons. The summed E-state index contributed by atoms with van der Waals surface area (Å²) in [7, 11) is 1.33. The van der Waals surface area contributed by atoms with Gasteiger partial charge in [0.15, 0.2) is 17.0 Å². The summed E-state index contributed by atoms with van der Waals surface area (Å²) in [5.74, 6) is -4.08. The van der Waals surface area contributed by atoms with Crippen molar-refractivity contribution in [2.45, 2.75) is 12.5 Å². The van der Waals surface area contributed by atoms with Gasteiger partial charge in [0.25, 0.3) is 0 Å². The Morgan fingerprint density at radius 2 is 2.15 bits per heavy atom. The van der Waals surface area contributed by atoms with Crippen LogP contribution in [0.25, 0.3) is 0 Å². The van der Waals surface area contributed by atoms with Crippen LogP contribution >= 0.6 is 0 Å². The molecule has 10 heteroatoms. The van der Waals surface area contributed by atoms with Gasteiger partial charge in [-0.1, -0.05) is 0 Å². The van der Waals surface area contributed by atoms with Crippen molar-refractivity contribution in [1.82, 2.24) is 10.6 Å². The number of rotatable bonds is 3. The average molecular weight is 378 g/mol. The summed E-state index contributed by atoms with van der Waals surface area (Å²) in [5.41, 5.74) is -2.31. The van der Waals surface area contributed by atoms with Gasteiger partial charge >= 0.3 is 0 Å². The second-order valence-corrected chi connectivity index (χ2v) is 6.27. The van der Waals surface area contributed by atoms with Crippen LogP contribution in [0.3, 0.4) is 0 Å². The highest BCUT2D eigenvalue weighted by Gasteiger charge is 2.58. The highest BCUT2D eigenvalue weighted by Crippen LogP contribution is 2.45. The standard InChI is InChI=1S/C17H16F2N4O4/c1-21-15(25)17(16(26)22-8-24)5-9-4-10(6-20)12(18)13(19)14(9)23-2-3-27-7-11(17)23/h4,8,11H,2-3,5,7H2,1H3,(H,21,25)(H,22,24,26)/t11?,17-/m1/s1. The molecule has 2 atom stereocenters. The maximum absolute atomic E-state index is 14.7. The molecule has 8 nitrogen and oxygen atoms in total. The van der Waals surface area contributed by atoms with Crippen molar-refractivity contribution in [3.63, 3.8) is 0 Å². The van der Waals surface area contributed by atoms with E-state index in [2.05, 4.69) is 5.32 Å². The largest absolute Gasteiger partial charge is 0.377 e. The van der Waals surface area contributed by atoms with Crippen molar-refractivity contribution >= 4 is 23.9 Å². The number of nitrogens with one attached hydrogen (secondary N) is 2. The number of imide groups is 1. The van der Waals surface area contributed by atoms with E-state index >= 15 is 0 Å². The zero-order chi connectivity index (χ0) is 19.8. The van der Waals surface area contributed by atoms with Crippen LogP contribution in [-0.2, 0) is 25.5 Å². The Labute approximate surface area is 153 Å². The first-order valence-electron chi connectivity index (χ1n) is 8.14. The number of ether oxygens (including phenoxy) is 1. The van der Waals surface area contributed by atoms with Gasteiger partial charge in [0, 0.05) is 20.0 Å². The fourth-order valence-electron chi connectivity index (χ4n) is 3.87. The van der Waals surface area contributed by atoms with Crippen molar-refractivity contribution in [2.24, 2.45) is 5.41 Å². The average Bonchev–Trinajstić information content (AvgIpc) is 2.69. The number of halogens is 2. The summed E-state index contributed by atoms with van der Waals surface area (Å²) in [6, 6.07) is 1.74. The van der Waals surface area contributed by atoms with E-state index in [0.29, 0.717) is 0 Å². The Kier molecular flexibility index (Phi) is 4.80. The Bertz CT molecular complexity index is 869. The minimum Gasteiger partial charge on any atom is -0.377 e. The molecule has 3 rings (SSSR count). The van der Waals surface area contributed by atoms with Gasteiger partial charge in [0.2, 0.25) is 18.2 Å². The lowest BCUT2D eigenvalue weighted by molar-refractivity contribution is -0.148. The van der Waals surface area contributed by atoms with Crippen LogP contribution in [0.1, 0.15) is 11.1 Å². The minimum absolute atomic E-state index is 0.0970. The van der Waals surface area contributed by atoms with E-state index in [0.717, 1.165) is 6.07 Å². The number of amides is 3. The first-order valence-corrected chi connectivity index (χ1v) is 8.14. The van der Waals surface area contributed by atoms with Crippen LogP contribution < -0.4 is 15.5 Å². The van der Waals surface area contributed by atoms with Crippen molar-refractivity contribution in [3.8, 4) is 6.07 Å². The molecule has 2 aliphatic heterocycles. The molecule has 0 saturated carbocycles. The van der Waals surface area contributed by atoms with Gasteiger partial charge in [-0.25, -0.2) is 8.78 Å². The van der Waals surface area contributed by atoms with Crippen molar-refractivity contribution < 1.29 is 27.9 Å². The summed E-state index contributed by atoms with van der Waals surface area (Å²) in [6.07, 6.45) is -0.166. The van der Waals surface area contributed by atoms with Gasteiger partial charge < -0.3 is 15.0 Å². The monoisotopic (exact) mass is 378 g/mol.